The number of hydrogen-bond donors (Lipinski definition) is 1. The zero-order chi connectivity index (χ0) is 10.5. The first-order chi connectivity index (χ1) is 7.22. The third-order valence-electron chi connectivity index (χ3n) is 3.72. The van der Waals surface area contributed by atoms with Gasteiger partial charge >= 0.3 is 0 Å². The van der Waals surface area contributed by atoms with E-state index in [9.17, 15) is 10.1 Å². The van der Waals surface area contributed by atoms with Crippen molar-refractivity contribution in [3.8, 4) is 0 Å². The van der Waals surface area contributed by atoms with E-state index < -0.39 is 0 Å². The van der Waals surface area contributed by atoms with Crippen molar-refractivity contribution < 1.29 is 4.92 Å². The number of nitrogens with zero attached hydrogens (tertiary/aromatic N) is 1. The highest BCUT2D eigenvalue weighted by Crippen LogP contribution is 2.56. The summed E-state index contributed by atoms with van der Waals surface area (Å²) in [5.74, 6) is 0.749. The molecular weight excluding hydrogens is 228 g/mol. The minimum atomic E-state index is -0.348. The molecule has 16 heavy (non-hydrogen) atoms. The molecule has 1 aliphatic carbocycles. The van der Waals surface area contributed by atoms with Crippen LogP contribution in [0.5, 0.6) is 0 Å². The molecule has 1 saturated heterocycles. The Kier molecular flexibility index (Phi) is 2.64. The molecule has 0 aromatic heterocycles. The highest BCUT2D eigenvalue weighted by atomic mass is 35.5. The monoisotopic (exact) mass is 240 g/mol. The molecule has 4 nitrogen and oxygen atoms in total. The van der Waals surface area contributed by atoms with Crippen LogP contribution in [0.25, 0.3) is 0 Å². The molecule has 5 heteroatoms. The van der Waals surface area contributed by atoms with Gasteiger partial charge < -0.3 is 5.32 Å². The molecule has 2 atom stereocenters. The van der Waals surface area contributed by atoms with E-state index in [1.165, 1.54) is 12.0 Å². The molecule has 0 radical (unpaired) electrons. The maximum atomic E-state index is 10.5. The lowest BCUT2D eigenvalue weighted by molar-refractivity contribution is -0.384. The van der Waals surface area contributed by atoms with E-state index >= 15 is 0 Å². The summed E-state index contributed by atoms with van der Waals surface area (Å²) in [7, 11) is 0. The summed E-state index contributed by atoms with van der Waals surface area (Å²) in [6, 6.07) is 7.03. The molecule has 86 valence electrons. The quantitative estimate of drug-likeness (QED) is 0.634. The Morgan fingerprint density at radius 2 is 2.06 bits per heavy atom. The van der Waals surface area contributed by atoms with Crippen molar-refractivity contribution >= 4 is 18.1 Å². The molecule has 1 saturated carbocycles. The van der Waals surface area contributed by atoms with Crippen LogP contribution in [0.1, 0.15) is 12.0 Å². The lowest BCUT2D eigenvalue weighted by atomic mass is 9.95. The van der Waals surface area contributed by atoms with E-state index in [1.807, 2.05) is 12.1 Å². The maximum Gasteiger partial charge on any atom is 0.269 e. The van der Waals surface area contributed by atoms with Crippen LogP contribution in [-0.2, 0) is 5.41 Å². The highest BCUT2D eigenvalue weighted by molar-refractivity contribution is 5.85. The number of rotatable bonds is 2. The van der Waals surface area contributed by atoms with Crippen LogP contribution < -0.4 is 5.32 Å². The van der Waals surface area contributed by atoms with Crippen LogP contribution in [-0.4, -0.2) is 18.0 Å². The van der Waals surface area contributed by atoms with Gasteiger partial charge in [-0.2, -0.15) is 0 Å². The lowest BCUT2D eigenvalue weighted by Gasteiger charge is -2.11. The molecule has 2 unspecified atom stereocenters. The molecule has 1 aromatic carbocycles. The summed E-state index contributed by atoms with van der Waals surface area (Å²) >= 11 is 0. The number of piperidine rings is 1. The van der Waals surface area contributed by atoms with Crippen molar-refractivity contribution in [1.82, 2.24) is 5.32 Å². The van der Waals surface area contributed by atoms with E-state index in [0.29, 0.717) is 5.41 Å². The number of nitro benzene ring substituents is 1. The second-order valence-corrected chi connectivity index (χ2v) is 4.49. The SMILES string of the molecule is Cl.O=[N+]([O-])c1ccc(C23CNCC2C3)cc1. The fraction of sp³-hybridized carbons (Fsp3) is 0.455. The number of halogens is 1. The largest absolute Gasteiger partial charge is 0.316 e. The zero-order valence-electron chi connectivity index (χ0n) is 8.68. The van der Waals surface area contributed by atoms with Crippen molar-refractivity contribution in [3.63, 3.8) is 0 Å². The van der Waals surface area contributed by atoms with Crippen molar-refractivity contribution in [2.24, 2.45) is 5.92 Å². The average Bonchev–Trinajstić information content (AvgIpc) is 2.82. The first-order valence-electron chi connectivity index (χ1n) is 5.18. The number of fused-ring (bicyclic) bond motifs is 1. The second kappa shape index (κ2) is 3.71. The second-order valence-electron chi connectivity index (χ2n) is 4.49. The van der Waals surface area contributed by atoms with Crippen LogP contribution in [0.2, 0.25) is 0 Å². The summed E-state index contributed by atoms with van der Waals surface area (Å²) in [5.41, 5.74) is 1.73. The molecule has 1 N–H and O–H groups in total. The first kappa shape index (κ1) is 11.4. The molecule has 1 aromatic rings. The average molecular weight is 241 g/mol. The Bertz CT molecular complexity index is 420. The number of non-ortho nitro benzene ring substituents is 1. The standard InChI is InChI=1S/C11H12N2O2.ClH/c14-13(15)10-3-1-8(2-4-10)11-5-9(11)6-12-7-11;/h1-4,9,12H,5-7H2;1H. The smallest absolute Gasteiger partial charge is 0.269 e. The fourth-order valence-corrected chi connectivity index (χ4v) is 2.70. The molecule has 2 aliphatic rings. The van der Waals surface area contributed by atoms with Gasteiger partial charge in [-0.15, -0.1) is 12.4 Å². The van der Waals surface area contributed by atoms with E-state index in [0.717, 1.165) is 19.0 Å². The zero-order valence-corrected chi connectivity index (χ0v) is 9.50. The molecular formula is C11H13ClN2O2. The van der Waals surface area contributed by atoms with E-state index in [4.69, 9.17) is 0 Å². The molecule has 1 aliphatic heterocycles. The molecule has 0 spiro atoms. The van der Waals surface area contributed by atoms with Crippen LogP contribution >= 0.6 is 12.4 Å². The summed E-state index contributed by atoms with van der Waals surface area (Å²) in [6.07, 6.45) is 1.23. The van der Waals surface area contributed by atoms with Crippen molar-refractivity contribution in [1.29, 1.82) is 0 Å². The summed E-state index contributed by atoms with van der Waals surface area (Å²) in [4.78, 5) is 10.2. The van der Waals surface area contributed by atoms with Gasteiger partial charge in [0, 0.05) is 24.1 Å². The van der Waals surface area contributed by atoms with Crippen LogP contribution in [0.4, 0.5) is 5.69 Å². The van der Waals surface area contributed by atoms with Gasteiger partial charge in [0.15, 0.2) is 0 Å². The van der Waals surface area contributed by atoms with Gasteiger partial charge in [0.05, 0.1) is 4.92 Å². The third kappa shape index (κ3) is 1.49. The summed E-state index contributed by atoms with van der Waals surface area (Å²) in [5, 5.41) is 13.9. The van der Waals surface area contributed by atoms with Crippen molar-refractivity contribution in [2.45, 2.75) is 11.8 Å². The maximum absolute atomic E-state index is 10.5. The predicted molar refractivity (Wildman–Crippen MR) is 63.0 cm³/mol. The van der Waals surface area contributed by atoms with Gasteiger partial charge in [-0.1, -0.05) is 12.1 Å². The lowest BCUT2D eigenvalue weighted by Crippen LogP contribution is -2.19. The highest BCUT2D eigenvalue weighted by Gasteiger charge is 2.57. The third-order valence-corrected chi connectivity index (χ3v) is 3.72. The molecule has 3 rings (SSSR count). The molecule has 0 amide bonds. The Labute approximate surface area is 99.6 Å². The van der Waals surface area contributed by atoms with Crippen molar-refractivity contribution in [3.05, 3.63) is 39.9 Å². The van der Waals surface area contributed by atoms with E-state index in [2.05, 4.69) is 5.32 Å². The summed E-state index contributed by atoms with van der Waals surface area (Å²) < 4.78 is 0. The predicted octanol–water partition coefficient (Wildman–Crippen LogP) is 1.88. The minimum absolute atomic E-state index is 0. The van der Waals surface area contributed by atoms with Crippen LogP contribution in [0.15, 0.2) is 24.3 Å². The Hall–Kier alpha value is -1.13. The van der Waals surface area contributed by atoms with E-state index in [1.54, 1.807) is 12.1 Å². The van der Waals surface area contributed by atoms with Gasteiger partial charge in [-0.25, -0.2) is 0 Å². The van der Waals surface area contributed by atoms with Crippen LogP contribution in [0.3, 0.4) is 0 Å². The van der Waals surface area contributed by atoms with Gasteiger partial charge in [0.25, 0.3) is 5.69 Å². The van der Waals surface area contributed by atoms with Crippen molar-refractivity contribution in [2.75, 3.05) is 13.1 Å². The molecule has 1 heterocycles. The molecule has 2 fully saturated rings. The Morgan fingerprint density at radius 3 is 2.50 bits per heavy atom. The summed E-state index contributed by atoms with van der Waals surface area (Å²) in [6.45, 7) is 2.12. The number of hydrogen-bond acceptors (Lipinski definition) is 3. The van der Waals surface area contributed by atoms with Gasteiger partial charge in [-0.05, 0) is 24.4 Å². The Morgan fingerprint density at radius 1 is 1.38 bits per heavy atom. The fourth-order valence-electron chi connectivity index (χ4n) is 2.70. The van der Waals surface area contributed by atoms with Gasteiger partial charge in [0.2, 0.25) is 0 Å². The van der Waals surface area contributed by atoms with E-state index in [-0.39, 0.29) is 23.0 Å². The van der Waals surface area contributed by atoms with Crippen LogP contribution in [0, 0.1) is 16.0 Å². The number of benzene rings is 1. The Balaban J connectivity index is 0.000000963. The van der Waals surface area contributed by atoms with Gasteiger partial charge in [-0.3, -0.25) is 10.1 Å². The first-order valence-corrected chi connectivity index (χ1v) is 5.18. The molecule has 0 bridgehead atoms. The topological polar surface area (TPSA) is 55.2 Å². The number of nitrogens with one attached hydrogen (secondary N) is 1. The normalized spacial score (nSPS) is 30.4. The van der Waals surface area contributed by atoms with Gasteiger partial charge in [0.1, 0.15) is 0 Å². The minimum Gasteiger partial charge on any atom is -0.316 e. The number of nitro groups is 1.